The van der Waals surface area contributed by atoms with E-state index in [1.54, 1.807) is 0 Å². The number of rotatable bonds is 5. The number of hydrogen-bond donors (Lipinski definition) is 3. The van der Waals surface area contributed by atoms with E-state index in [9.17, 15) is 18.0 Å². The fourth-order valence-electron chi connectivity index (χ4n) is 3.98. The summed E-state index contributed by atoms with van der Waals surface area (Å²) in [6.45, 7) is 0.443. The van der Waals surface area contributed by atoms with Crippen molar-refractivity contribution in [2.24, 2.45) is 5.84 Å². The first kappa shape index (κ1) is 23.2. The molecule has 8 heteroatoms. The first-order valence-electron chi connectivity index (χ1n) is 10.6. The van der Waals surface area contributed by atoms with Gasteiger partial charge in [0, 0.05) is 24.4 Å². The second-order valence-electron chi connectivity index (χ2n) is 7.71. The van der Waals surface area contributed by atoms with E-state index in [2.05, 4.69) is 34.7 Å². The van der Waals surface area contributed by atoms with Crippen LogP contribution in [0.4, 0.5) is 23.7 Å². The average Bonchev–Trinajstić information content (AvgIpc) is 3.15. The normalized spacial score (nSPS) is 12.2. The van der Waals surface area contributed by atoms with Crippen LogP contribution in [0.3, 0.4) is 0 Å². The summed E-state index contributed by atoms with van der Waals surface area (Å²) in [7, 11) is 0. The number of anilines is 1. The summed E-state index contributed by atoms with van der Waals surface area (Å²) in [5.41, 5.74) is 6.38. The van der Waals surface area contributed by atoms with Gasteiger partial charge in [-0.2, -0.15) is 13.2 Å². The Hall–Kier alpha value is -3.96. The number of ether oxygens (including phenoxy) is 1. The van der Waals surface area contributed by atoms with Gasteiger partial charge in [-0.3, -0.25) is 5.84 Å². The summed E-state index contributed by atoms with van der Waals surface area (Å²) < 4.78 is 43.9. The molecule has 0 unspecified atom stereocenters. The van der Waals surface area contributed by atoms with Gasteiger partial charge in [0.2, 0.25) is 0 Å². The van der Waals surface area contributed by atoms with Gasteiger partial charge in [-0.05, 0) is 40.5 Å². The third kappa shape index (κ3) is 5.00. The molecule has 0 atom stereocenters. The van der Waals surface area contributed by atoms with Crippen molar-refractivity contribution in [2.45, 2.75) is 18.5 Å². The zero-order valence-electron chi connectivity index (χ0n) is 18.1. The summed E-state index contributed by atoms with van der Waals surface area (Å²) in [5.74, 6) is 10.9. The Morgan fingerprint density at radius 1 is 1.00 bits per heavy atom. The van der Waals surface area contributed by atoms with E-state index in [0.29, 0.717) is 5.56 Å². The molecule has 1 aliphatic carbocycles. The Kier molecular flexibility index (Phi) is 6.75. The number of carbonyl (C=O) groups excluding carboxylic acids is 1. The quantitative estimate of drug-likeness (QED) is 0.208. The highest BCUT2D eigenvalue weighted by atomic mass is 19.4. The number of hydrazine groups is 1. The summed E-state index contributed by atoms with van der Waals surface area (Å²) in [4.78, 5) is 12.2. The lowest BCUT2D eigenvalue weighted by molar-refractivity contribution is -0.137. The molecule has 4 N–H and O–H groups in total. The Bertz CT molecular complexity index is 1220. The summed E-state index contributed by atoms with van der Waals surface area (Å²) >= 11 is 0. The minimum Gasteiger partial charge on any atom is -0.449 e. The fraction of sp³-hybridized carbons (Fsp3) is 0.192. The number of amides is 1. The van der Waals surface area contributed by atoms with Crippen molar-refractivity contribution in [3.8, 4) is 23.0 Å². The first-order valence-corrected chi connectivity index (χ1v) is 10.6. The van der Waals surface area contributed by atoms with Crippen molar-refractivity contribution in [1.29, 1.82) is 0 Å². The second-order valence-corrected chi connectivity index (χ2v) is 7.71. The van der Waals surface area contributed by atoms with Crippen molar-refractivity contribution in [3.05, 3.63) is 89.0 Å². The molecular formula is C26H22F3N3O2. The van der Waals surface area contributed by atoms with E-state index in [0.717, 1.165) is 34.4 Å². The summed E-state index contributed by atoms with van der Waals surface area (Å²) in [6.07, 6.45) is -4.73. The van der Waals surface area contributed by atoms with Crippen LogP contribution in [-0.4, -0.2) is 19.2 Å². The van der Waals surface area contributed by atoms with Crippen molar-refractivity contribution < 1.29 is 22.7 Å². The van der Waals surface area contributed by atoms with E-state index in [4.69, 9.17) is 10.6 Å². The molecule has 0 bridgehead atoms. The van der Waals surface area contributed by atoms with Crippen LogP contribution in [0.1, 0.15) is 34.6 Å². The standard InChI is InChI=1S/C26H22F3N3O2/c27-26(28,29)18-13-12-17(24(15-18)32-30)7-5-6-14-31-25(33)34-16-23-21-10-3-1-8-19(21)20-9-2-4-11-22(20)23/h1-4,8-13,15,23,32H,6,14,16,30H2,(H,31,33). The number of alkyl carbamates (subject to hydrolysis) is 1. The Balaban J connectivity index is 1.29. The number of benzene rings is 3. The molecule has 0 saturated heterocycles. The molecule has 3 aromatic rings. The molecule has 0 radical (unpaired) electrons. The zero-order valence-corrected chi connectivity index (χ0v) is 18.1. The topological polar surface area (TPSA) is 76.4 Å². The van der Waals surface area contributed by atoms with E-state index < -0.39 is 17.8 Å². The molecular weight excluding hydrogens is 443 g/mol. The molecule has 3 aromatic carbocycles. The van der Waals surface area contributed by atoms with Crippen LogP contribution >= 0.6 is 0 Å². The zero-order chi connectivity index (χ0) is 24.1. The van der Waals surface area contributed by atoms with Crippen LogP contribution in [0.5, 0.6) is 0 Å². The maximum absolute atomic E-state index is 12.8. The number of hydrogen-bond acceptors (Lipinski definition) is 4. The van der Waals surface area contributed by atoms with Gasteiger partial charge < -0.3 is 15.5 Å². The van der Waals surface area contributed by atoms with Crippen molar-refractivity contribution in [2.75, 3.05) is 18.6 Å². The van der Waals surface area contributed by atoms with Crippen molar-refractivity contribution >= 4 is 11.8 Å². The third-order valence-corrected chi connectivity index (χ3v) is 5.59. The molecule has 1 aliphatic rings. The van der Waals surface area contributed by atoms with Gasteiger partial charge in [0.25, 0.3) is 0 Å². The SMILES string of the molecule is NNc1cc(C(F)(F)F)ccc1C#CCCNC(=O)OCC1c2ccccc2-c2ccccc21. The fourth-order valence-corrected chi connectivity index (χ4v) is 3.98. The number of alkyl halides is 3. The maximum Gasteiger partial charge on any atom is 0.416 e. The van der Waals surface area contributed by atoms with E-state index >= 15 is 0 Å². The Morgan fingerprint density at radius 2 is 1.65 bits per heavy atom. The number of fused-ring (bicyclic) bond motifs is 3. The number of carbonyl (C=O) groups is 1. The number of halogens is 3. The molecule has 4 rings (SSSR count). The molecule has 0 fully saturated rings. The molecule has 0 spiro atoms. The Labute approximate surface area is 195 Å². The van der Waals surface area contributed by atoms with Gasteiger partial charge in [-0.1, -0.05) is 60.4 Å². The average molecular weight is 465 g/mol. The molecule has 5 nitrogen and oxygen atoms in total. The molecule has 1 amide bonds. The van der Waals surface area contributed by atoms with Gasteiger partial charge in [0.1, 0.15) is 6.61 Å². The van der Waals surface area contributed by atoms with Gasteiger partial charge >= 0.3 is 12.3 Å². The second kappa shape index (κ2) is 9.89. The highest BCUT2D eigenvalue weighted by Gasteiger charge is 2.31. The lowest BCUT2D eigenvalue weighted by Gasteiger charge is -2.14. The number of nitrogens with one attached hydrogen (secondary N) is 2. The number of nitrogens with two attached hydrogens (primary N) is 1. The molecule has 0 aliphatic heterocycles. The lowest BCUT2D eigenvalue weighted by atomic mass is 9.98. The predicted molar refractivity (Wildman–Crippen MR) is 124 cm³/mol. The minimum absolute atomic E-state index is 0.0280. The highest BCUT2D eigenvalue weighted by molar-refractivity contribution is 5.79. The monoisotopic (exact) mass is 465 g/mol. The van der Waals surface area contributed by atoms with Gasteiger partial charge in [-0.25, -0.2) is 4.79 Å². The molecule has 0 saturated carbocycles. The third-order valence-electron chi connectivity index (χ3n) is 5.59. The van der Waals surface area contributed by atoms with E-state index in [-0.39, 0.29) is 31.2 Å². The molecule has 0 heterocycles. The van der Waals surface area contributed by atoms with Crippen LogP contribution in [-0.2, 0) is 10.9 Å². The van der Waals surface area contributed by atoms with Crippen molar-refractivity contribution in [1.82, 2.24) is 5.32 Å². The highest BCUT2D eigenvalue weighted by Crippen LogP contribution is 2.44. The van der Waals surface area contributed by atoms with Gasteiger partial charge in [-0.15, -0.1) is 0 Å². The molecule has 34 heavy (non-hydrogen) atoms. The van der Waals surface area contributed by atoms with Crippen LogP contribution in [0.15, 0.2) is 66.7 Å². The molecule has 174 valence electrons. The summed E-state index contributed by atoms with van der Waals surface area (Å²) in [6, 6.07) is 19.2. The largest absolute Gasteiger partial charge is 0.449 e. The van der Waals surface area contributed by atoms with E-state index in [1.165, 1.54) is 6.07 Å². The van der Waals surface area contributed by atoms with Crippen LogP contribution < -0.4 is 16.6 Å². The van der Waals surface area contributed by atoms with E-state index in [1.807, 2.05) is 36.4 Å². The van der Waals surface area contributed by atoms with Crippen LogP contribution in [0.2, 0.25) is 0 Å². The van der Waals surface area contributed by atoms with Gasteiger partial charge in [0.05, 0.1) is 11.3 Å². The molecule has 0 aromatic heterocycles. The Morgan fingerprint density at radius 3 is 2.26 bits per heavy atom. The lowest BCUT2D eigenvalue weighted by Crippen LogP contribution is -2.26. The van der Waals surface area contributed by atoms with Crippen LogP contribution in [0, 0.1) is 11.8 Å². The first-order chi connectivity index (χ1) is 16.4. The smallest absolute Gasteiger partial charge is 0.416 e. The minimum atomic E-state index is -4.47. The predicted octanol–water partition coefficient (Wildman–Crippen LogP) is 5.27. The maximum atomic E-state index is 12.8. The van der Waals surface area contributed by atoms with Crippen LogP contribution in [0.25, 0.3) is 11.1 Å². The summed E-state index contributed by atoms with van der Waals surface area (Å²) in [5, 5.41) is 2.65. The number of nitrogen functional groups attached to an aromatic ring is 1. The van der Waals surface area contributed by atoms with Gasteiger partial charge in [0.15, 0.2) is 0 Å². The van der Waals surface area contributed by atoms with Crippen molar-refractivity contribution in [3.63, 3.8) is 0 Å².